The molecule has 2 N–H and O–H groups in total. The van der Waals surface area contributed by atoms with Crippen molar-refractivity contribution < 1.29 is 14.3 Å². The van der Waals surface area contributed by atoms with Crippen LogP contribution in [0.15, 0.2) is 18.2 Å². The summed E-state index contributed by atoms with van der Waals surface area (Å²) < 4.78 is 5.36. The van der Waals surface area contributed by atoms with Gasteiger partial charge in [-0.1, -0.05) is 26.7 Å². The maximum atomic E-state index is 12.5. The minimum absolute atomic E-state index is 0.00472. The molecular formula is C17H22N2O3. The van der Waals surface area contributed by atoms with Gasteiger partial charge in [-0.2, -0.15) is 0 Å². The van der Waals surface area contributed by atoms with Crippen LogP contribution in [0.1, 0.15) is 43.5 Å². The highest BCUT2D eigenvalue weighted by Crippen LogP contribution is 2.31. The molecule has 118 valence electrons. The molecule has 1 aliphatic heterocycles. The van der Waals surface area contributed by atoms with Crippen molar-refractivity contribution >= 4 is 17.5 Å². The van der Waals surface area contributed by atoms with Crippen molar-refractivity contribution in [1.82, 2.24) is 5.32 Å². The van der Waals surface area contributed by atoms with Crippen molar-refractivity contribution in [2.75, 3.05) is 11.9 Å². The monoisotopic (exact) mass is 302 g/mol. The molecule has 2 aliphatic rings. The van der Waals surface area contributed by atoms with Crippen LogP contribution in [0, 0.1) is 11.8 Å². The predicted octanol–water partition coefficient (Wildman–Crippen LogP) is 2.57. The van der Waals surface area contributed by atoms with Crippen molar-refractivity contribution in [3.05, 3.63) is 23.8 Å². The normalized spacial score (nSPS) is 27.4. The maximum absolute atomic E-state index is 12.5. The molecule has 5 heteroatoms. The Morgan fingerprint density at radius 3 is 2.95 bits per heavy atom. The molecule has 0 radical (unpaired) electrons. The Balaban J connectivity index is 1.71. The van der Waals surface area contributed by atoms with E-state index in [0.717, 1.165) is 12.8 Å². The molecule has 1 fully saturated rings. The number of amides is 2. The summed E-state index contributed by atoms with van der Waals surface area (Å²) in [6.07, 6.45) is 3.43. The average Bonchev–Trinajstić information content (AvgIpc) is 2.51. The summed E-state index contributed by atoms with van der Waals surface area (Å²) in [4.78, 5) is 23.7. The van der Waals surface area contributed by atoms with Crippen molar-refractivity contribution in [3.63, 3.8) is 0 Å². The van der Waals surface area contributed by atoms with Crippen LogP contribution in [0.2, 0.25) is 0 Å². The van der Waals surface area contributed by atoms with Crippen LogP contribution < -0.4 is 15.4 Å². The molecule has 1 aliphatic carbocycles. The SMILES string of the molecule is C[C@@H]1[C@H](C)CCC[C@H]1NC(=O)c1ccc2c(c1)OCC(=O)N2. The van der Waals surface area contributed by atoms with Crippen LogP contribution in [-0.4, -0.2) is 24.5 Å². The van der Waals surface area contributed by atoms with Crippen molar-refractivity contribution in [2.45, 2.75) is 39.2 Å². The quantitative estimate of drug-likeness (QED) is 0.882. The van der Waals surface area contributed by atoms with E-state index < -0.39 is 0 Å². The number of carbonyl (C=O) groups is 2. The number of anilines is 1. The van der Waals surface area contributed by atoms with E-state index in [4.69, 9.17) is 4.74 Å². The molecule has 3 atom stereocenters. The minimum Gasteiger partial charge on any atom is -0.482 e. The molecule has 1 aromatic rings. The summed E-state index contributed by atoms with van der Waals surface area (Å²) in [5.41, 5.74) is 1.19. The van der Waals surface area contributed by atoms with E-state index in [1.165, 1.54) is 6.42 Å². The lowest BCUT2D eigenvalue weighted by molar-refractivity contribution is -0.118. The molecule has 22 heavy (non-hydrogen) atoms. The third-order valence-corrected chi connectivity index (χ3v) is 4.90. The third kappa shape index (κ3) is 2.93. The van der Waals surface area contributed by atoms with Crippen molar-refractivity contribution in [1.29, 1.82) is 0 Å². The molecule has 1 saturated carbocycles. The van der Waals surface area contributed by atoms with E-state index in [9.17, 15) is 9.59 Å². The molecule has 0 spiro atoms. The average molecular weight is 302 g/mol. The Hall–Kier alpha value is -2.04. The van der Waals surface area contributed by atoms with Gasteiger partial charge in [0, 0.05) is 11.6 Å². The fourth-order valence-corrected chi connectivity index (χ4v) is 3.25. The van der Waals surface area contributed by atoms with Crippen LogP contribution in [0.5, 0.6) is 5.75 Å². The Bertz CT molecular complexity index is 600. The smallest absolute Gasteiger partial charge is 0.262 e. The van der Waals surface area contributed by atoms with Gasteiger partial charge in [0.05, 0.1) is 5.69 Å². The summed E-state index contributed by atoms with van der Waals surface area (Å²) in [5.74, 6) is 1.44. The Kier molecular flexibility index (Phi) is 4.05. The second-order valence-electron chi connectivity index (χ2n) is 6.40. The number of nitrogens with one attached hydrogen (secondary N) is 2. The Labute approximate surface area is 130 Å². The number of fused-ring (bicyclic) bond motifs is 1. The van der Waals surface area contributed by atoms with Gasteiger partial charge in [0.25, 0.3) is 11.8 Å². The summed E-state index contributed by atoms with van der Waals surface area (Å²) in [7, 11) is 0. The fraction of sp³-hybridized carbons (Fsp3) is 0.529. The zero-order valence-corrected chi connectivity index (χ0v) is 13.0. The first kappa shape index (κ1) is 14.9. The highest BCUT2D eigenvalue weighted by Gasteiger charge is 2.28. The first-order valence-electron chi connectivity index (χ1n) is 7.92. The first-order valence-corrected chi connectivity index (χ1v) is 7.92. The fourth-order valence-electron chi connectivity index (χ4n) is 3.25. The predicted molar refractivity (Wildman–Crippen MR) is 84.0 cm³/mol. The van der Waals surface area contributed by atoms with Gasteiger partial charge < -0.3 is 15.4 Å². The van der Waals surface area contributed by atoms with Gasteiger partial charge in [0.1, 0.15) is 5.75 Å². The number of hydrogen-bond donors (Lipinski definition) is 2. The molecular weight excluding hydrogens is 280 g/mol. The van der Waals surface area contributed by atoms with Crippen LogP contribution >= 0.6 is 0 Å². The van der Waals surface area contributed by atoms with E-state index >= 15 is 0 Å². The molecule has 0 bridgehead atoms. The lowest BCUT2D eigenvalue weighted by Crippen LogP contribution is -2.43. The maximum Gasteiger partial charge on any atom is 0.262 e. The summed E-state index contributed by atoms with van der Waals surface area (Å²) in [6.45, 7) is 4.45. The summed E-state index contributed by atoms with van der Waals surface area (Å²) >= 11 is 0. The highest BCUT2D eigenvalue weighted by molar-refractivity contribution is 5.99. The number of hydrogen-bond acceptors (Lipinski definition) is 3. The summed E-state index contributed by atoms with van der Waals surface area (Å²) in [5, 5.41) is 5.87. The van der Waals surface area contributed by atoms with Gasteiger partial charge in [-0.05, 0) is 36.5 Å². The standard InChI is InChI=1S/C17H22N2O3/c1-10-4-3-5-13(11(10)2)19-17(21)12-6-7-14-15(8-12)22-9-16(20)18-14/h6-8,10-11,13H,3-5,9H2,1-2H3,(H,18,20)(H,19,21)/t10-,11-,13-/m1/s1. The number of ether oxygens (including phenoxy) is 1. The molecule has 0 saturated heterocycles. The number of rotatable bonds is 2. The number of benzene rings is 1. The van der Waals surface area contributed by atoms with E-state index in [-0.39, 0.29) is 24.5 Å². The zero-order valence-electron chi connectivity index (χ0n) is 13.0. The lowest BCUT2D eigenvalue weighted by Gasteiger charge is -2.34. The van der Waals surface area contributed by atoms with Gasteiger partial charge in [0.15, 0.2) is 6.61 Å². The Morgan fingerprint density at radius 2 is 2.14 bits per heavy atom. The van der Waals surface area contributed by atoms with E-state index in [2.05, 4.69) is 24.5 Å². The first-order chi connectivity index (χ1) is 10.5. The van der Waals surface area contributed by atoms with Crippen molar-refractivity contribution in [2.24, 2.45) is 11.8 Å². The van der Waals surface area contributed by atoms with Gasteiger partial charge in [-0.25, -0.2) is 0 Å². The molecule has 1 heterocycles. The van der Waals surface area contributed by atoms with Crippen LogP contribution in [-0.2, 0) is 4.79 Å². The highest BCUT2D eigenvalue weighted by atomic mass is 16.5. The van der Waals surface area contributed by atoms with E-state index in [1.807, 2.05) is 0 Å². The zero-order chi connectivity index (χ0) is 15.7. The minimum atomic E-state index is -0.172. The van der Waals surface area contributed by atoms with E-state index in [1.54, 1.807) is 18.2 Å². The molecule has 3 rings (SSSR count). The van der Waals surface area contributed by atoms with Crippen LogP contribution in [0.25, 0.3) is 0 Å². The van der Waals surface area contributed by atoms with Gasteiger partial charge in [-0.15, -0.1) is 0 Å². The topological polar surface area (TPSA) is 67.4 Å². The van der Waals surface area contributed by atoms with Crippen LogP contribution in [0.3, 0.4) is 0 Å². The van der Waals surface area contributed by atoms with Gasteiger partial charge in [0.2, 0.25) is 0 Å². The molecule has 2 amide bonds. The van der Waals surface area contributed by atoms with E-state index in [0.29, 0.717) is 28.8 Å². The van der Waals surface area contributed by atoms with Gasteiger partial charge in [-0.3, -0.25) is 9.59 Å². The Morgan fingerprint density at radius 1 is 1.32 bits per heavy atom. The second-order valence-corrected chi connectivity index (χ2v) is 6.40. The third-order valence-electron chi connectivity index (χ3n) is 4.90. The second kappa shape index (κ2) is 5.99. The summed E-state index contributed by atoms with van der Waals surface area (Å²) in [6, 6.07) is 5.36. The van der Waals surface area contributed by atoms with Crippen LogP contribution in [0.4, 0.5) is 5.69 Å². The molecule has 5 nitrogen and oxygen atoms in total. The molecule has 0 aromatic heterocycles. The lowest BCUT2D eigenvalue weighted by atomic mass is 9.78. The van der Waals surface area contributed by atoms with Gasteiger partial charge >= 0.3 is 0 Å². The number of carbonyl (C=O) groups excluding carboxylic acids is 2. The molecule has 0 unspecified atom stereocenters. The largest absolute Gasteiger partial charge is 0.482 e. The van der Waals surface area contributed by atoms with Crippen molar-refractivity contribution in [3.8, 4) is 5.75 Å². The molecule has 1 aromatic carbocycles.